The van der Waals surface area contributed by atoms with Crippen molar-refractivity contribution in [2.24, 2.45) is 0 Å². The zero-order valence-corrected chi connectivity index (χ0v) is 8.91. The molecule has 8 heavy (non-hydrogen) atoms. The van der Waals surface area contributed by atoms with Crippen molar-refractivity contribution in [1.29, 1.82) is 0 Å². The molecule has 5 radical (unpaired) electrons. The van der Waals surface area contributed by atoms with Gasteiger partial charge >= 0.3 is 0 Å². The summed E-state index contributed by atoms with van der Waals surface area (Å²) in [4.78, 5) is 0. The lowest BCUT2D eigenvalue weighted by Gasteiger charge is -1.96. The molecule has 0 rings (SSSR count). The first-order valence-electron chi connectivity index (χ1n) is 3.06. The first kappa shape index (κ1) is 8.65. The van der Waals surface area contributed by atoms with Gasteiger partial charge in [-0.05, 0) is 0 Å². The molecule has 0 aliphatic rings. The Bertz CT molecular complexity index is 44.9. The van der Waals surface area contributed by atoms with E-state index in [9.17, 15) is 0 Å². The van der Waals surface area contributed by atoms with Gasteiger partial charge in [0.2, 0.25) is 0 Å². The second kappa shape index (κ2) is 5.78. The van der Waals surface area contributed by atoms with Crippen LogP contribution in [-0.4, -0.2) is 25.9 Å². The summed E-state index contributed by atoms with van der Waals surface area (Å²) in [5.74, 6) is 0. The third-order valence-corrected chi connectivity index (χ3v) is 11.0. The zero-order chi connectivity index (χ0) is 6.41. The summed E-state index contributed by atoms with van der Waals surface area (Å²) in [7, 11) is 2.74. The molecule has 0 bridgehead atoms. The Labute approximate surface area is 58.9 Å². The zero-order valence-electron chi connectivity index (χ0n) is 5.91. The first-order chi connectivity index (χ1) is 3.77. The van der Waals surface area contributed by atoms with Gasteiger partial charge in [-0.1, -0.05) is 32.5 Å². The van der Waals surface area contributed by atoms with E-state index in [0.717, 1.165) is 0 Å². The van der Waals surface area contributed by atoms with E-state index in [1.807, 2.05) is 0 Å². The Balaban J connectivity index is 2.72. The molecule has 3 heteroatoms. The van der Waals surface area contributed by atoms with Gasteiger partial charge < -0.3 is 0 Å². The van der Waals surface area contributed by atoms with Gasteiger partial charge in [0.15, 0.2) is 0 Å². The molecule has 0 nitrogen and oxygen atoms in total. The van der Waals surface area contributed by atoms with Gasteiger partial charge in [-0.3, -0.25) is 0 Å². The maximum Gasteiger partial charge on any atom is 0.0241 e. The lowest BCUT2D eigenvalue weighted by molar-refractivity contribution is 1.08. The SMILES string of the molecule is CCC[Si][Si][Si](C)C. The van der Waals surface area contributed by atoms with Crippen molar-refractivity contribution < 1.29 is 0 Å². The quantitative estimate of drug-likeness (QED) is 0.427. The van der Waals surface area contributed by atoms with Crippen molar-refractivity contribution in [2.75, 3.05) is 0 Å². The molecule has 0 spiro atoms. The molecule has 0 atom stereocenters. The predicted octanol–water partition coefficient (Wildman–Crippen LogP) is 1.39. The largest absolute Gasteiger partial charge is 0.0739 e. The summed E-state index contributed by atoms with van der Waals surface area (Å²) in [6, 6.07) is 1.48. The molecule has 0 aromatic rings. The molecule has 45 valence electrons. The summed E-state index contributed by atoms with van der Waals surface area (Å²) in [5.41, 5.74) is 0. The van der Waals surface area contributed by atoms with Crippen molar-refractivity contribution in [1.82, 2.24) is 0 Å². The number of rotatable bonds is 4. The molecule has 0 aromatic carbocycles. The van der Waals surface area contributed by atoms with E-state index in [1.54, 1.807) is 0 Å². The van der Waals surface area contributed by atoms with Gasteiger partial charge in [-0.2, -0.15) is 0 Å². The molecular formula is C5H13Si3. The highest BCUT2D eigenvalue weighted by atomic mass is 29.5. The molecule has 0 amide bonds. The Morgan fingerprint density at radius 1 is 1.38 bits per heavy atom. The number of hydrogen-bond donors (Lipinski definition) is 0. The Morgan fingerprint density at radius 3 is 2.38 bits per heavy atom. The van der Waals surface area contributed by atoms with E-state index in [0.29, 0.717) is 0 Å². The summed E-state index contributed by atoms with van der Waals surface area (Å²) in [6.45, 7) is 7.09. The second-order valence-corrected chi connectivity index (χ2v) is 12.2. The van der Waals surface area contributed by atoms with E-state index in [-0.39, 0.29) is 8.31 Å². The third kappa shape index (κ3) is 6.65. The Hall–Kier alpha value is 0.651. The highest BCUT2D eigenvalue weighted by Crippen LogP contribution is 1.84. The maximum absolute atomic E-state index is 2.41. The van der Waals surface area contributed by atoms with Gasteiger partial charge in [-0.15, -0.1) is 0 Å². The predicted molar refractivity (Wildman–Crippen MR) is 44.1 cm³/mol. The fourth-order valence-electron chi connectivity index (χ4n) is 0.364. The van der Waals surface area contributed by atoms with Crippen LogP contribution in [0.1, 0.15) is 13.3 Å². The second-order valence-electron chi connectivity index (χ2n) is 2.05. The van der Waals surface area contributed by atoms with Crippen LogP contribution >= 0.6 is 0 Å². The van der Waals surface area contributed by atoms with Crippen molar-refractivity contribution >= 4 is 25.9 Å². The van der Waals surface area contributed by atoms with Crippen molar-refractivity contribution in [3.05, 3.63) is 0 Å². The molecular weight excluding hydrogens is 144 g/mol. The van der Waals surface area contributed by atoms with E-state index in [2.05, 4.69) is 20.0 Å². The molecule has 0 unspecified atom stereocenters. The summed E-state index contributed by atoms with van der Waals surface area (Å²) >= 11 is 0. The standard InChI is InChI=1S/C5H13Si3/c1-4-5-6-7-8(2)3/h4-5H2,1-3H3. The fraction of sp³-hybridized carbons (Fsp3) is 1.00. The monoisotopic (exact) mass is 157 g/mol. The Kier molecular flexibility index (Phi) is 6.25. The van der Waals surface area contributed by atoms with Crippen LogP contribution in [0.3, 0.4) is 0 Å². The van der Waals surface area contributed by atoms with Crippen LogP contribution in [0, 0.1) is 0 Å². The molecule has 0 heterocycles. The van der Waals surface area contributed by atoms with Crippen LogP contribution in [0.25, 0.3) is 0 Å². The van der Waals surface area contributed by atoms with Crippen molar-refractivity contribution in [3.63, 3.8) is 0 Å². The van der Waals surface area contributed by atoms with Gasteiger partial charge in [0.25, 0.3) is 0 Å². The highest BCUT2D eigenvalue weighted by molar-refractivity contribution is 7.35. The minimum atomic E-state index is 0.133. The van der Waals surface area contributed by atoms with Crippen LogP contribution in [-0.2, 0) is 0 Å². The molecule has 0 fully saturated rings. The van der Waals surface area contributed by atoms with E-state index >= 15 is 0 Å². The van der Waals surface area contributed by atoms with Crippen LogP contribution in [0.4, 0.5) is 0 Å². The molecule has 0 saturated carbocycles. The highest BCUT2D eigenvalue weighted by Gasteiger charge is 1.95. The molecule has 0 N–H and O–H groups in total. The lowest BCUT2D eigenvalue weighted by atomic mass is 10.6. The minimum Gasteiger partial charge on any atom is -0.0739 e. The van der Waals surface area contributed by atoms with Crippen LogP contribution < -0.4 is 0 Å². The average molecular weight is 157 g/mol. The molecule has 0 saturated heterocycles. The molecule has 0 aliphatic heterocycles. The fourth-order valence-corrected chi connectivity index (χ4v) is 7.59. The molecule has 0 aromatic heterocycles. The maximum atomic E-state index is 2.41. The Morgan fingerprint density at radius 2 is 2.00 bits per heavy atom. The summed E-state index contributed by atoms with van der Waals surface area (Å²) < 4.78 is 0. The number of hydrogen-bond acceptors (Lipinski definition) is 0. The first-order valence-corrected chi connectivity index (χ1v) is 9.77. The summed E-state index contributed by atoms with van der Waals surface area (Å²) in [5, 5.41) is 0. The van der Waals surface area contributed by atoms with E-state index < -0.39 is 0 Å². The van der Waals surface area contributed by atoms with Crippen LogP contribution in [0.2, 0.25) is 19.1 Å². The molecule has 0 aliphatic carbocycles. The van der Waals surface area contributed by atoms with Crippen molar-refractivity contribution in [3.8, 4) is 0 Å². The smallest absolute Gasteiger partial charge is 0.0241 e. The minimum absolute atomic E-state index is 0.133. The third-order valence-electron chi connectivity index (χ3n) is 0.713. The summed E-state index contributed by atoms with van der Waals surface area (Å²) in [6.07, 6.45) is 1.39. The normalized spacial score (nSPS) is 10.5. The van der Waals surface area contributed by atoms with Crippen LogP contribution in [0.5, 0.6) is 0 Å². The van der Waals surface area contributed by atoms with Gasteiger partial charge in [0.1, 0.15) is 0 Å². The van der Waals surface area contributed by atoms with Gasteiger partial charge in [-0.25, -0.2) is 0 Å². The van der Waals surface area contributed by atoms with Gasteiger partial charge in [0.05, 0.1) is 0 Å². The average Bonchev–Trinajstić information content (AvgIpc) is 1.66. The van der Waals surface area contributed by atoms with Crippen LogP contribution in [0.15, 0.2) is 0 Å². The van der Waals surface area contributed by atoms with E-state index in [1.165, 1.54) is 30.1 Å². The van der Waals surface area contributed by atoms with Gasteiger partial charge in [0, 0.05) is 25.9 Å². The topological polar surface area (TPSA) is 0 Å². The van der Waals surface area contributed by atoms with Crippen molar-refractivity contribution in [2.45, 2.75) is 32.5 Å². The lowest BCUT2D eigenvalue weighted by Crippen LogP contribution is -2.19. The van der Waals surface area contributed by atoms with E-state index in [4.69, 9.17) is 0 Å².